The summed E-state index contributed by atoms with van der Waals surface area (Å²) < 4.78 is 7.30. The molecule has 0 aliphatic carbocycles. The highest BCUT2D eigenvalue weighted by atomic mass is 16.5. The van der Waals surface area contributed by atoms with E-state index in [4.69, 9.17) is 4.74 Å². The van der Waals surface area contributed by atoms with E-state index in [9.17, 15) is 4.79 Å². The zero-order chi connectivity index (χ0) is 19.4. The standard InChI is InChI=1S/C23H26N2O2/c1-16(2)20-12-8-9-13-22(20)27-15-23(26)25-18(4)21(17(3)24-25)14-19-10-6-5-7-11-19/h5-13,16H,14-15H2,1-4H3. The van der Waals surface area contributed by atoms with Crippen LogP contribution in [0.3, 0.4) is 0 Å². The van der Waals surface area contributed by atoms with E-state index in [0.717, 1.165) is 34.7 Å². The van der Waals surface area contributed by atoms with E-state index in [1.54, 1.807) is 0 Å². The van der Waals surface area contributed by atoms with Crippen LogP contribution in [0.1, 0.15) is 52.6 Å². The zero-order valence-electron chi connectivity index (χ0n) is 16.4. The Kier molecular flexibility index (Phi) is 5.75. The molecule has 3 rings (SSSR count). The Morgan fingerprint density at radius 1 is 1.04 bits per heavy atom. The van der Waals surface area contributed by atoms with Gasteiger partial charge in [0.2, 0.25) is 0 Å². The van der Waals surface area contributed by atoms with Crippen LogP contribution < -0.4 is 4.74 Å². The molecular weight excluding hydrogens is 336 g/mol. The van der Waals surface area contributed by atoms with Crippen molar-refractivity contribution in [2.24, 2.45) is 0 Å². The molecule has 4 heteroatoms. The van der Waals surface area contributed by atoms with Crippen molar-refractivity contribution in [2.45, 2.75) is 40.0 Å². The largest absolute Gasteiger partial charge is 0.483 e. The summed E-state index contributed by atoms with van der Waals surface area (Å²) in [5.74, 6) is 0.933. The van der Waals surface area contributed by atoms with Gasteiger partial charge in [0.25, 0.3) is 5.91 Å². The van der Waals surface area contributed by atoms with Crippen LogP contribution in [0.15, 0.2) is 54.6 Å². The van der Waals surface area contributed by atoms with Crippen LogP contribution in [0.25, 0.3) is 0 Å². The summed E-state index contributed by atoms with van der Waals surface area (Å²) in [4.78, 5) is 12.7. The average molecular weight is 362 g/mol. The molecule has 0 bridgehead atoms. The fraction of sp³-hybridized carbons (Fsp3) is 0.304. The zero-order valence-corrected chi connectivity index (χ0v) is 16.4. The lowest BCUT2D eigenvalue weighted by Crippen LogP contribution is -2.22. The molecule has 2 aromatic carbocycles. The minimum atomic E-state index is -0.159. The number of benzene rings is 2. The van der Waals surface area contributed by atoms with E-state index in [-0.39, 0.29) is 12.5 Å². The smallest absolute Gasteiger partial charge is 0.284 e. The average Bonchev–Trinajstić information content (AvgIpc) is 2.95. The second-order valence-corrected chi connectivity index (χ2v) is 7.10. The number of aryl methyl sites for hydroxylation is 1. The third-order valence-corrected chi connectivity index (χ3v) is 4.79. The number of ether oxygens (including phenoxy) is 1. The summed E-state index contributed by atoms with van der Waals surface area (Å²) in [5.41, 5.74) is 5.16. The highest BCUT2D eigenvalue weighted by molar-refractivity contribution is 5.80. The second kappa shape index (κ2) is 8.21. The highest BCUT2D eigenvalue weighted by Crippen LogP contribution is 2.26. The topological polar surface area (TPSA) is 44.1 Å². The molecule has 1 heterocycles. The van der Waals surface area contributed by atoms with Gasteiger partial charge in [0.1, 0.15) is 5.75 Å². The van der Waals surface area contributed by atoms with Gasteiger partial charge in [-0.05, 0) is 37.0 Å². The maximum Gasteiger partial charge on any atom is 0.284 e. The number of hydrogen-bond donors (Lipinski definition) is 0. The summed E-state index contributed by atoms with van der Waals surface area (Å²) in [7, 11) is 0. The number of para-hydroxylation sites is 1. The first kappa shape index (κ1) is 18.9. The van der Waals surface area contributed by atoms with E-state index < -0.39 is 0 Å². The summed E-state index contributed by atoms with van der Waals surface area (Å²) in [5, 5.41) is 4.46. The van der Waals surface area contributed by atoms with Crippen molar-refractivity contribution in [3.63, 3.8) is 0 Å². The van der Waals surface area contributed by atoms with Crippen molar-refractivity contribution in [3.8, 4) is 5.75 Å². The summed E-state index contributed by atoms with van der Waals surface area (Å²) in [6, 6.07) is 18.1. The number of rotatable bonds is 6. The van der Waals surface area contributed by atoms with Crippen LogP contribution in [0.4, 0.5) is 0 Å². The summed E-state index contributed by atoms with van der Waals surface area (Å²) in [6.45, 7) is 8.08. The fourth-order valence-electron chi connectivity index (χ4n) is 3.26. The molecule has 0 fully saturated rings. The Morgan fingerprint density at radius 2 is 1.70 bits per heavy atom. The van der Waals surface area contributed by atoms with Gasteiger partial charge in [0.05, 0.1) is 5.69 Å². The lowest BCUT2D eigenvalue weighted by Gasteiger charge is -2.13. The van der Waals surface area contributed by atoms with Gasteiger partial charge in [-0.2, -0.15) is 5.10 Å². The minimum Gasteiger partial charge on any atom is -0.483 e. The fourth-order valence-corrected chi connectivity index (χ4v) is 3.26. The molecule has 4 nitrogen and oxygen atoms in total. The molecule has 0 aliphatic rings. The van der Waals surface area contributed by atoms with Gasteiger partial charge < -0.3 is 4.74 Å². The quantitative estimate of drug-likeness (QED) is 0.624. The molecule has 0 saturated heterocycles. The first-order valence-electron chi connectivity index (χ1n) is 9.31. The van der Waals surface area contributed by atoms with Crippen LogP contribution >= 0.6 is 0 Å². The molecule has 0 N–H and O–H groups in total. The first-order chi connectivity index (χ1) is 13.0. The van der Waals surface area contributed by atoms with Crippen molar-refractivity contribution >= 4 is 5.91 Å². The van der Waals surface area contributed by atoms with Gasteiger partial charge in [0.15, 0.2) is 6.61 Å². The van der Waals surface area contributed by atoms with E-state index >= 15 is 0 Å². The maximum atomic E-state index is 12.7. The van der Waals surface area contributed by atoms with Gasteiger partial charge >= 0.3 is 0 Å². The van der Waals surface area contributed by atoms with Gasteiger partial charge in [-0.25, -0.2) is 4.68 Å². The molecule has 140 valence electrons. The van der Waals surface area contributed by atoms with Gasteiger partial charge in [-0.3, -0.25) is 4.79 Å². The Morgan fingerprint density at radius 3 is 2.41 bits per heavy atom. The number of aromatic nitrogens is 2. The van der Waals surface area contributed by atoms with Gasteiger partial charge in [-0.1, -0.05) is 62.4 Å². The van der Waals surface area contributed by atoms with E-state index in [0.29, 0.717) is 5.92 Å². The predicted molar refractivity (Wildman–Crippen MR) is 108 cm³/mol. The summed E-state index contributed by atoms with van der Waals surface area (Å²) in [6.07, 6.45) is 0.767. The van der Waals surface area contributed by atoms with Crippen LogP contribution in [0.5, 0.6) is 5.75 Å². The minimum absolute atomic E-state index is 0.0313. The van der Waals surface area contributed by atoms with E-state index in [1.807, 2.05) is 56.3 Å². The van der Waals surface area contributed by atoms with Crippen molar-refractivity contribution < 1.29 is 9.53 Å². The molecule has 0 saturated carbocycles. The highest BCUT2D eigenvalue weighted by Gasteiger charge is 2.18. The third-order valence-electron chi connectivity index (χ3n) is 4.79. The maximum absolute atomic E-state index is 12.7. The SMILES string of the molecule is Cc1nn(C(=O)COc2ccccc2C(C)C)c(C)c1Cc1ccccc1. The Hall–Kier alpha value is -2.88. The van der Waals surface area contributed by atoms with Crippen LogP contribution in [0.2, 0.25) is 0 Å². The summed E-state index contributed by atoms with van der Waals surface area (Å²) >= 11 is 0. The Bertz CT molecular complexity index is 927. The molecule has 0 radical (unpaired) electrons. The number of carbonyl (C=O) groups is 1. The molecular formula is C23H26N2O2. The third kappa shape index (κ3) is 4.27. The predicted octanol–water partition coefficient (Wildman–Crippen LogP) is 4.93. The van der Waals surface area contributed by atoms with Crippen LogP contribution in [-0.4, -0.2) is 22.3 Å². The van der Waals surface area contributed by atoms with Crippen molar-refractivity contribution in [3.05, 3.63) is 82.7 Å². The monoisotopic (exact) mass is 362 g/mol. The Labute approximate surface area is 160 Å². The molecule has 0 aliphatic heterocycles. The lowest BCUT2D eigenvalue weighted by atomic mass is 10.0. The molecule has 3 aromatic rings. The normalized spacial score (nSPS) is 11.0. The van der Waals surface area contributed by atoms with Crippen molar-refractivity contribution in [2.75, 3.05) is 6.61 Å². The Balaban J connectivity index is 1.75. The van der Waals surface area contributed by atoms with Gasteiger partial charge in [0, 0.05) is 17.7 Å². The molecule has 0 atom stereocenters. The molecule has 0 amide bonds. The number of hydrogen-bond acceptors (Lipinski definition) is 3. The van der Waals surface area contributed by atoms with Crippen LogP contribution in [0, 0.1) is 13.8 Å². The molecule has 0 unspecified atom stereocenters. The first-order valence-corrected chi connectivity index (χ1v) is 9.31. The number of carbonyl (C=O) groups excluding carboxylic acids is 1. The molecule has 1 aromatic heterocycles. The van der Waals surface area contributed by atoms with E-state index in [2.05, 4.69) is 31.1 Å². The second-order valence-electron chi connectivity index (χ2n) is 7.10. The van der Waals surface area contributed by atoms with Crippen molar-refractivity contribution in [1.82, 2.24) is 9.78 Å². The van der Waals surface area contributed by atoms with Gasteiger partial charge in [-0.15, -0.1) is 0 Å². The number of nitrogens with zero attached hydrogens (tertiary/aromatic N) is 2. The lowest BCUT2D eigenvalue weighted by molar-refractivity contribution is 0.0817. The van der Waals surface area contributed by atoms with Crippen molar-refractivity contribution in [1.29, 1.82) is 0 Å². The molecule has 0 spiro atoms. The van der Waals surface area contributed by atoms with E-state index in [1.165, 1.54) is 10.2 Å². The molecule has 27 heavy (non-hydrogen) atoms. The van der Waals surface area contributed by atoms with Crippen LogP contribution in [-0.2, 0) is 6.42 Å².